The molecule has 0 radical (unpaired) electrons. The first-order chi connectivity index (χ1) is 7.93. The summed E-state index contributed by atoms with van der Waals surface area (Å²) in [5, 5.41) is 0. The third kappa shape index (κ3) is 5.10. The molecule has 1 rings (SSSR count). The number of hydrogen-bond donors (Lipinski definition) is 1. The zero-order valence-electron chi connectivity index (χ0n) is 10.2. The molecule has 1 aromatic heterocycles. The van der Waals surface area contributed by atoms with Crippen LogP contribution in [0.15, 0.2) is 6.07 Å². The molecule has 1 N–H and O–H groups in total. The number of nitrogens with one attached hydrogen (secondary N) is 1. The Kier molecular flexibility index (Phi) is 4.83. The van der Waals surface area contributed by atoms with Gasteiger partial charge in [0.25, 0.3) is 0 Å². The molecule has 6 nitrogen and oxygen atoms in total. The quantitative estimate of drug-likeness (QED) is 0.748. The van der Waals surface area contributed by atoms with Gasteiger partial charge in [0.2, 0.25) is 10.0 Å². The largest absolute Gasteiger partial charge is 0.463 e. The SMILES string of the molecule is CNS(=O)(=O)CCCOc1nc(C)cc(C)n1. The lowest BCUT2D eigenvalue weighted by Crippen LogP contribution is -2.23. The van der Waals surface area contributed by atoms with E-state index in [1.54, 1.807) is 0 Å². The van der Waals surface area contributed by atoms with E-state index < -0.39 is 10.0 Å². The molecule has 7 heteroatoms. The Balaban J connectivity index is 2.41. The number of sulfonamides is 1. The standard InChI is InChI=1S/C10H17N3O3S/c1-8-7-9(2)13-10(12-8)16-5-4-6-17(14,15)11-3/h7,11H,4-6H2,1-3H3. The Hall–Kier alpha value is -1.21. The van der Waals surface area contributed by atoms with Crippen molar-refractivity contribution in [2.75, 3.05) is 19.4 Å². The lowest BCUT2D eigenvalue weighted by atomic mass is 10.4. The predicted octanol–water partition coefficient (Wildman–Crippen LogP) is 0.412. The van der Waals surface area contributed by atoms with Crippen LogP contribution >= 0.6 is 0 Å². The summed E-state index contributed by atoms with van der Waals surface area (Å²) < 4.78 is 29.8. The van der Waals surface area contributed by atoms with Gasteiger partial charge in [-0.1, -0.05) is 0 Å². The summed E-state index contributed by atoms with van der Waals surface area (Å²) in [6.07, 6.45) is 0.402. The van der Waals surface area contributed by atoms with E-state index in [9.17, 15) is 8.42 Å². The topological polar surface area (TPSA) is 81.2 Å². The fourth-order valence-electron chi connectivity index (χ4n) is 1.27. The summed E-state index contributed by atoms with van der Waals surface area (Å²) in [6, 6.07) is 2.14. The third-order valence-electron chi connectivity index (χ3n) is 2.06. The Bertz CT molecular complexity index is 453. The first kappa shape index (κ1) is 13.9. The molecule has 0 aliphatic heterocycles. The summed E-state index contributed by atoms with van der Waals surface area (Å²) >= 11 is 0. The van der Waals surface area contributed by atoms with Crippen LogP contribution in [0.1, 0.15) is 17.8 Å². The maximum atomic E-state index is 11.1. The van der Waals surface area contributed by atoms with Gasteiger partial charge >= 0.3 is 6.01 Å². The maximum absolute atomic E-state index is 11.1. The second-order valence-corrected chi connectivity index (χ2v) is 5.70. The van der Waals surface area contributed by atoms with Crippen molar-refractivity contribution in [3.8, 4) is 6.01 Å². The van der Waals surface area contributed by atoms with Crippen molar-refractivity contribution in [3.63, 3.8) is 0 Å². The minimum atomic E-state index is -3.16. The zero-order valence-corrected chi connectivity index (χ0v) is 11.0. The van der Waals surface area contributed by atoms with Gasteiger partial charge < -0.3 is 4.74 Å². The molecule has 0 fully saturated rings. The molecular weight excluding hydrogens is 242 g/mol. The highest BCUT2D eigenvalue weighted by molar-refractivity contribution is 7.89. The number of aryl methyl sites for hydroxylation is 2. The van der Waals surface area contributed by atoms with Crippen LogP contribution in [0, 0.1) is 13.8 Å². The van der Waals surface area contributed by atoms with Gasteiger partial charge in [0.05, 0.1) is 12.4 Å². The molecule has 0 spiro atoms. The van der Waals surface area contributed by atoms with Gasteiger partial charge in [-0.25, -0.2) is 23.1 Å². The monoisotopic (exact) mass is 259 g/mol. The van der Waals surface area contributed by atoms with Crippen LogP contribution < -0.4 is 9.46 Å². The number of aromatic nitrogens is 2. The van der Waals surface area contributed by atoms with Crippen molar-refractivity contribution in [3.05, 3.63) is 17.5 Å². The maximum Gasteiger partial charge on any atom is 0.316 e. The minimum Gasteiger partial charge on any atom is -0.463 e. The highest BCUT2D eigenvalue weighted by Gasteiger charge is 2.07. The first-order valence-corrected chi connectivity index (χ1v) is 6.94. The molecule has 0 aromatic carbocycles. The lowest BCUT2D eigenvalue weighted by Gasteiger charge is -2.06. The molecule has 0 bridgehead atoms. The van der Waals surface area contributed by atoms with Gasteiger partial charge in [-0.3, -0.25) is 0 Å². The molecule has 0 saturated carbocycles. The van der Waals surface area contributed by atoms with E-state index >= 15 is 0 Å². The van der Waals surface area contributed by atoms with Gasteiger partial charge in [-0.05, 0) is 33.4 Å². The van der Waals surface area contributed by atoms with Crippen LogP contribution in [0.5, 0.6) is 6.01 Å². The molecule has 0 amide bonds. The van der Waals surface area contributed by atoms with Crippen molar-refractivity contribution in [2.24, 2.45) is 0 Å². The number of rotatable bonds is 6. The van der Waals surface area contributed by atoms with E-state index in [2.05, 4.69) is 14.7 Å². The molecule has 0 unspecified atom stereocenters. The van der Waals surface area contributed by atoms with Crippen molar-refractivity contribution >= 4 is 10.0 Å². The van der Waals surface area contributed by atoms with Gasteiger partial charge in [-0.15, -0.1) is 0 Å². The van der Waals surface area contributed by atoms with Gasteiger partial charge in [0.1, 0.15) is 0 Å². The van der Waals surface area contributed by atoms with Crippen LogP contribution in [-0.2, 0) is 10.0 Å². The van der Waals surface area contributed by atoms with Crippen LogP contribution in [0.25, 0.3) is 0 Å². The van der Waals surface area contributed by atoms with E-state index in [0.717, 1.165) is 11.4 Å². The fourth-order valence-corrected chi connectivity index (χ4v) is 1.97. The molecule has 0 atom stereocenters. The van der Waals surface area contributed by atoms with Crippen LogP contribution in [-0.4, -0.2) is 37.8 Å². The first-order valence-electron chi connectivity index (χ1n) is 5.29. The van der Waals surface area contributed by atoms with E-state index in [4.69, 9.17) is 4.74 Å². The molecule has 0 aliphatic carbocycles. The summed E-state index contributed by atoms with van der Waals surface area (Å²) in [7, 11) is -1.77. The Morgan fingerprint density at radius 3 is 2.41 bits per heavy atom. The highest BCUT2D eigenvalue weighted by atomic mass is 32.2. The average molecular weight is 259 g/mol. The fraction of sp³-hybridized carbons (Fsp3) is 0.600. The van der Waals surface area contributed by atoms with Crippen LogP contribution in [0.4, 0.5) is 0 Å². The third-order valence-corrected chi connectivity index (χ3v) is 3.51. The van der Waals surface area contributed by atoms with Crippen molar-refractivity contribution < 1.29 is 13.2 Å². The minimum absolute atomic E-state index is 0.0360. The summed E-state index contributed by atoms with van der Waals surface area (Å²) in [6.45, 7) is 3.99. The van der Waals surface area contributed by atoms with E-state index in [0.29, 0.717) is 12.4 Å². The normalized spacial score (nSPS) is 11.5. The van der Waals surface area contributed by atoms with E-state index in [1.165, 1.54) is 7.05 Å². The Morgan fingerprint density at radius 1 is 1.29 bits per heavy atom. The summed E-state index contributed by atoms with van der Waals surface area (Å²) in [5.41, 5.74) is 1.66. The van der Waals surface area contributed by atoms with Crippen LogP contribution in [0.2, 0.25) is 0 Å². The van der Waals surface area contributed by atoms with E-state index in [1.807, 2.05) is 19.9 Å². The number of hydrogen-bond acceptors (Lipinski definition) is 5. The van der Waals surface area contributed by atoms with Crippen molar-refractivity contribution in [1.29, 1.82) is 0 Å². The van der Waals surface area contributed by atoms with Crippen molar-refractivity contribution in [2.45, 2.75) is 20.3 Å². The van der Waals surface area contributed by atoms with Gasteiger partial charge in [0, 0.05) is 11.4 Å². The van der Waals surface area contributed by atoms with Gasteiger partial charge in [0.15, 0.2) is 0 Å². The summed E-state index contributed by atoms with van der Waals surface area (Å²) in [5.74, 6) is 0.0360. The van der Waals surface area contributed by atoms with Gasteiger partial charge in [-0.2, -0.15) is 0 Å². The number of nitrogens with zero attached hydrogens (tertiary/aromatic N) is 2. The van der Waals surface area contributed by atoms with Crippen molar-refractivity contribution in [1.82, 2.24) is 14.7 Å². The molecule has 1 aromatic rings. The predicted molar refractivity (Wildman–Crippen MR) is 64.5 cm³/mol. The molecule has 0 aliphatic rings. The molecule has 96 valence electrons. The molecule has 0 saturated heterocycles. The highest BCUT2D eigenvalue weighted by Crippen LogP contribution is 2.06. The van der Waals surface area contributed by atoms with Crippen LogP contribution in [0.3, 0.4) is 0 Å². The van der Waals surface area contributed by atoms with E-state index in [-0.39, 0.29) is 12.4 Å². The zero-order chi connectivity index (χ0) is 12.9. The second kappa shape index (κ2) is 5.92. The molecule has 17 heavy (non-hydrogen) atoms. The smallest absolute Gasteiger partial charge is 0.316 e. The summed E-state index contributed by atoms with van der Waals surface area (Å²) in [4.78, 5) is 8.18. The molecular formula is C10H17N3O3S. The second-order valence-electron chi connectivity index (χ2n) is 3.66. The lowest BCUT2D eigenvalue weighted by molar-refractivity contribution is 0.291. The molecule has 1 heterocycles. The number of ether oxygens (including phenoxy) is 1. The Labute approximate surface area is 101 Å². The average Bonchev–Trinajstić information content (AvgIpc) is 2.23. The Morgan fingerprint density at radius 2 is 1.88 bits per heavy atom.